The van der Waals surface area contributed by atoms with E-state index in [9.17, 15) is 28.7 Å². The van der Waals surface area contributed by atoms with Gasteiger partial charge in [-0.1, -0.05) is 11.3 Å². The number of nitriles is 1. The van der Waals surface area contributed by atoms with E-state index in [1.165, 1.54) is 34.3 Å². The van der Waals surface area contributed by atoms with Gasteiger partial charge in [-0.15, -0.1) is 10.2 Å². The van der Waals surface area contributed by atoms with Crippen molar-refractivity contribution in [3.05, 3.63) is 42.2 Å². The molecule has 2 amide bonds. The number of carbonyl (C=O) groups excluding carboxylic acids is 1. The van der Waals surface area contributed by atoms with E-state index in [-0.39, 0.29) is 24.9 Å². The molecular formula is C29H30F2N10O3S. The van der Waals surface area contributed by atoms with Gasteiger partial charge in [0.2, 0.25) is 11.0 Å². The van der Waals surface area contributed by atoms with E-state index in [1.807, 2.05) is 18.2 Å². The Hall–Kier alpha value is -4.91. The van der Waals surface area contributed by atoms with Crippen molar-refractivity contribution in [1.29, 1.82) is 5.26 Å². The number of piperidine rings is 1. The van der Waals surface area contributed by atoms with E-state index < -0.39 is 30.5 Å². The van der Waals surface area contributed by atoms with Crippen LogP contribution in [-0.2, 0) is 4.79 Å². The number of aromatic nitrogens is 5. The number of halogens is 2. The number of hydrogen-bond donors (Lipinski definition) is 3. The van der Waals surface area contributed by atoms with E-state index >= 15 is 0 Å². The first-order chi connectivity index (χ1) is 21.5. The predicted molar refractivity (Wildman–Crippen MR) is 162 cm³/mol. The predicted octanol–water partition coefficient (Wildman–Crippen LogP) is 3.94. The molecule has 1 saturated carbocycles. The average Bonchev–Trinajstić information content (AvgIpc) is 3.64. The Bertz CT molecular complexity index is 1800. The molecule has 1 aliphatic heterocycles. The van der Waals surface area contributed by atoms with Crippen molar-refractivity contribution in [2.24, 2.45) is 5.92 Å². The van der Waals surface area contributed by atoms with Crippen LogP contribution in [0.2, 0.25) is 0 Å². The van der Waals surface area contributed by atoms with Gasteiger partial charge in [-0.3, -0.25) is 9.78 Å². The number of carboxylic acid groups (broad SMARTS) is 1. The molecule has 1 aliphatic carbocycles. The SMILES string of the molecule is CC(=O)N[C@H]1CCN(c2nnc(-c3cnc(-c4ccc5cc(C#N)cnn45)cc3N[C@H]3C[C@H](CN(C)C(=O)O)C3)s2)CC1(F)F. The molecule has 3 N–H and O–H groups in total. The maximum Gasteiger partial charge on any atom is 0.407 e. The maximum absolute atomic E-state index is 14.9. The van der Waals surface area contributed by atoms with Crippen molar-refractivity contribution in [3.8, 4) is 28.0 Å². The molecule has 2 aliphatic rings. The van der Waals surface area contributed by atoms with Gasteiger partial charge in [0.05, 0.1) is 46.8 Å². The van der Waals surface area contributed by atoms with Crippen LogP contribution < -0.4 is 15.5 Å². The standard InChI is InChI=1S/C29H30F2N10O3S/c1-16(42)35-25-5-6-40(15-29(25,30)31)27-38-37-26(45-27)21-13-33-23(24-4-3-20-9-18(11-32)12-34-41(20)24)10-22(21)36-19-7-17(8-19)14-39(2)28(43)44/h3-4,9-10,12-13,17,19,25H,5-8,14-15H2,1-2H3,(H,33,36)(H,35,42)(H,43,44)/t17-,19-,25-/m0/s1. The number of hydrogen-bond acceptors (Lipinski definition) is 10. The van der Waals surface area contributed by atoms with E-state index in [1.54, 1.807) is 23.8 Å². The molecule has 0 radical (unpaired) electrons. The summed E-state index contributed by atoms with van der Waals surface area (Å²) in [5.41, 5.74) is 3.87. The number of fused-ring (bicyclic) bond motifs is 1. The number of amides is 2. The van der Waals surface area contributed by atoms with Crippen LogP contribution in [0.25, 0.3) is 27.5 Å². The number of nitrogens with zero attached hydrogens (tertiary/aromatic N) is 8. The third-order valence-electron chi connectivity index (χ3n) is 8.14. The highest BCUT2D eigenvalue weighted by Gasteiger charge is 2.46. The Morgan fingerprint density at radius 3 is 2.76 bits per heavy atom. The molecule has 1 atom stereocenters. The Morgan fingerprint density at radius 1 is 1.24 bits per heavy atom. The number of rotatable bonds is 8. The molecule has 16 heteroatoms. The molecule has 6 rings (SSSR count). The summed E-state index contributed by atoms with van der Waals surface area (Å²) in [6.45, 7) is 1.36. The van der Waals surface area contributed by atoms with E-state index in [0.717, 1.165) is 24.0 Å². The van der Waals surface area contributed by atoms with Crippen molar-refractivity contribution in [1.82, 2.24) is 35.0 Å². The highest BCUT2D eigenvalue weighted by Crippen LogP contribution is 2.40. The summed E-state index contributed by atoms with van der Waals surface area (Å²) in [4.78, 5) is 30.1. The minimum Gasteiger partial charge on any atom is -0.465 e. The Kier molecular flexibility index (Phi) is 7.96. The van der Waals surface area contributed by atoms with E-state index in [2.05, 4.69) is 37.0 Å². The zero-order valence-electron chi connectivity index (χ0n) is 24.4. The topological polar surface area (TPSA) is 165 Å². The highest BCUT2D eigenvalue weighted by atomic mass is 32.1. The Balaban J connectivity index is 1.27. The zero-order valence-corrected chi connectivity index (χ0v) is 25.3. The number of alkyl halides is 2. The maximum atomic E-state index is 14.9. The average molecular weight is 637 g/mol. The van der Waals surface area contributed by atoms with Gasteiger partial charge < -0.3 is 25.5 Å². The lowest BCUT2D eigenvalue weighted by molar-refractivity contribution is -0.124. The van der Waals surface area contributed by atoms with Crippen molar-refractivity contribution >= 4 is 39.7 Å². The molecule has 1 saturated heterocycles. The van der Waals surface area contributed by atoms with Crippen LogP contribution in [0.5, 0.6) is 0 Å². The van der Waals surface area contributed by atoms with Gasteiger partial charge in [-0.2, -0.15) is 10.4 Å². The molecule has 13 nitrogen and oxygen atoms in total. The summed E-state index contributed by atoms with van der Waals surface area (Å²) in [5.74, 6) is -3.41. The molecule has 2 fully saturated rings. The second-order valence-electron chi connectivity index (χ2n) is 11.5. The highest BCUT2D eigenvalue weighted by molar-refractivity contribution is 7.18. The molecule has 5 heterocycles. The molecule has 0 bridgehead atoms. The van der Waals surface area contributed by atoms with Gasteiger partial charge in [-0.05, 0) is 49.4 Å². The second-order valence-corrected chi connectivity index (χ2v) is 12.4. The summed E-state index contributed by atoms with van der Waals surface area (Å²) >= 11 is 1.18. The summed E-state index contributed by atoms with van der Waals surface area (Å²) in [6.07, 6.45) is 3.78. The normalized spacial score (nSPS) is 20.7. The van der Waals surface area contributed by atoms with Gasteiger partial charge in [0.25, 0.3) is 5.92 Å². The number of pyridine rings is 1. The number of nitrogens with one attached hydrogen (secondary N) is 2. The second kappa shape index (κ2) is 11.9. The van der Waals surface area contributed by atoms with Crippen LogP contribution in [0.1, 0.15) is 31.7 Å². The largest absolute Gasteiger partial charge is 0.465 e. The smallest absolute Gasteiger partial charge is 0.407 e. The number of carbonyl (C=O) groups is 2. The lowest BCUT2D eigenvalue weighted by Gasteiger charge is -2.38. The van der Waals surface area contributed by atoms with Crippen molar-refractivity contribution < 1.29 is 23.5 Å². The molecule has 234 valence electrons. The van der Waals surface area contributed by atoms with Gasteiger partial charge in [0, 0.05) is 45.0 Å². The fourth-order valence-electron chi connectivity index (χ4n) is 5.81. The van der Waals surface area contributed by atoms with E-state index in [0.29, 0.717) is 39.2 Å². The summed E-state index contributed by atoms with van der Waals surface area (Å²) in [5, 5.41) is 38.2. The summed E-state index contributed by atoms with van der Waals surface area (Å²) < 4.78 is 31.4. The molecule has 0 spiro atoms. The lowest BCUT2D eigenvalue weighted by atomic mass is 9.79. The van der Waals surface area contributed by atoms with Crippen LogP contribution in [0.3, 0.4) is 0 Å². The molecule has 4 aromatic heterocycles. The zero-order chi connectivity index (χ0) is 31.9. The fraction of sp³-hybridized carbons (Fsp3) is 0.414. The summed E-state index contributed by atoms with van der Waals surface area (Å²) in [7, 11) is 1.55. The van der Waals surface area contributed by atoms with Gasteiger partial charge in [0.1, 0.15) is 6.07 Å². The van der Waals surface area contributed by atoms with E-state index in [4.69, 9.17) is 0 Å². The minimum atomic E-state index is -3.14. The molecule has 0 aromatic carbocycles. The van der Waals surface area contributed by atoms with Crippen molar-refractivity contribution in [3.63, 3.8) is 0 Å². The Labute approximate surface area is 260 Å². The summed E-state index contributed by atoms with van der Waals surface area (Å²) in [6, 6.07) is 8.25. The lowest BCUT2D eigenvalue weighted by Crippen LogP contribution is -2.58. The third kappa shape index (κ3) is 6.21. The van der Waals surface area contributed by atoms with Crippen molar-refractivity contribution in [2.45, 2.75) is 44.2 Å². The molecule has 45 heavy (non-hydrogen) atoms. The fourth-order valence-corrected chi connectivity index (χ4v) is 6.70. The first-order valence-corrected chi connectivity index (χ1v) is 15.1. The van der Waals surface area contributed by atoms with Crippen LogP contribution in [0.15, 0.2) is 36.7 Å². The van der Waals surface area contributed by atoms with Gasteiger partial charge in [0.15, 0.2) is 5.01 Å². The first-order valence-electron chi connectivity index (χ1n) is 14.3. The quantitative estimate of drug-likeness (QED) is 0.258. The van der Waals surface area contributed by atoms with Gasteiger partial charge in [-0.25, -0.2) is 18.1 Å². The third-order valence-corrected chi connectivity index (χ3v) is 9.16. The molecular weight excluding hydrogens is 606 g/mol. The van der Waals surface area contributed by atoms with Crippen LogP contribution in [0, 0.1) is 17.2 Å². The minimum absolute atomic E-state index is 0.0691. The van der Waals surface area contributed by atoms with Crippen molar-refractivity contribution in [2.75, 3.05) is 36.9 Å². The Morgan fingerprint density at radius 2 is 2.04 bits per heavy atom. The monoisotopic (exact) mass is 636 g/mol. The van der Waals surface area contributed by atoms with Gasteiger partial charge >= 0.3 is 6.09 Å². The molecule has 4 aromatic rings. The van der Waals surface area contributed by atoms with Crippen LogP contribution in [0.4, 0.5) is 24.4 Å². The van der Waals surface area contributed by atoms with Crippen LogP contribution in [-0.4, -0.2) is 91.5 Å². The number of anilines is 2. The molecule has 0 unspecified atom stereocenters. The van der Waals surface area contributed by atoms with Crippen LogP contribution >= 0.6 is 11.3 Å². The first kappa shape index (κ1) is 30.1.